The van der Waals surface area contributed by atoms with Crippen LogP contribution < -0.4 is 14.8 Å². The van der Waals surface area contributed by atoms with Crippen LogP contribution in [0.5, 0.6) is 11.5 Å². The molecule has 11 heteroatoms. The fraction of sp³-hybridized carbons (Fsp3) is 0.382. The highest BCUT2D eigenvalue weighted by molar-refractivity contribution is 6.01. The number of nitrogens with one attached hydrogen (secondary N) is 1. The molecule has 0 saturated heterocycles. The minimum atomic E-state index is -1.68. The Kier molecular flexibility index (Phi) is 10.8. The molecule has 0 fully saturated rings. The number of ether oxygens (including phenoxy) is 4. The minimum absolute atomic E-state index is 0.00991. The number of carbonyl (C=O) groups is 2. The number of benzene rings is 3. The fourth-order valence-electron chi connectivity index (χ4n) is 4.91. The highest BCUT2D eigenvalue weighted by Crippen LogP contribution is 2.44. The van der Waals surface area contributed by atoms with Gasteiger partial charge in [0.25, 0.3) is 5.91 Å². The van der Waals surface area contributed by atoms with Crippen LogP contribution in [0, 0.1) is 11.6 Å². The number of nitrogens with zero attached hydrogens (tertiary/aromatic N) is 1. The third-order valence-corrected chi connectivity index (χ3v) is 6.93. The molecule has 3 aromatic carbocycles. The average Bonchev–Trinajstić information content (AvgIpc) is 3.39. The number of rotatable bonds is 13. The van der Waals surface area contributed by atoms with Crippen molar-refractivity contribution >= 4 is 17.8 Å². The average molecular weight is 625 g/mol. The number of hydrogen-bond acceptors (Lipinski definition) is 8. The summed E-state index contributed by atoms with van der Waals surface area (Å²) in [5, 5.41) is 11.8. The Labute approximate surface area is 261 Å². The van der Waals surface area contributed by atoms with E-state index in [1.165, 1.54) is 7.11 Å². The molecule has 0 aromatic heterocycles. The molecule has 2 N–H and O–H groups in total. The van der Waals surface area contributed by atoms with Gasteiger partial charge in [-0.25, -0.2) is 13.8 Å². The van der Waals surface area contributed by atoms with E-state index < -0.39 is 40.8 Å². The lowest BCUT2D eigenvalue weighted by atomic mass is 9.83. The first-order valence-electron chi connectivity index (χ1n) is 14.6. The van der Waals surface area contributed by atoms with Crippen LogP contribution in [0.4, 0.5) is 8.78 Å². The minimum Gasteiger partial charge on any atom is -0.497 e. The van der Waals surface area contributed by atoms with Crippen LogP contribution in [-0.2, 0) is 25.6 Å². The second-order valence-corrected chi connectivity index (χ2v) is 11.6. The van der Waals surface area contributed by atoms with Gasteiger partial charge in [-0.3, -0.25) is 9.59 Å². The molecule has 0 saturated carbocycles. The molecule has 240 valence electrons. The lowest BCUT2D eigenvalue weighted by molar-refractivity contribution is -0.155. The van der Waals surface area contributed by atoms with Crippen molar-refractivity contribution in [3.8, 4) is 11.5 Å². The Bertz CT molecular complexity index is 1500. The van der Waals surface area contributed by atoms with Crippen LogP contribution in [0.1, 0.15) is 62.8 Å². The summed E-state index contributed by atoms with van der Waals surface area (Å²) in [6, 6.07) is 16.9. The SMILES string of the molecule is COc1cccc([C@H]2OC(c3ccc(OCCCO)cc3)=N[C@@]2(CCC(=O)OC(C)(C)C)C(=O)NCc2cc(F)cc(F)c2)c1. The van der Waals surface area contributed by atoms with Crippen molar-refractivity contribution in [1.82, 2.24) is 5.32 Å². The number of aliphatic imine (C=N–C) groups is 1. The van der Waals surface area contributed by atoms with Gasteiger partial charge in [0.2, 0.25) is 5.90 Å². The van der Waals surface area contributed by atoms with Crippen molar-refractivity contribution < 1.29 is 42.4 Å². The lowest BCUT2D eigenvalue weighted by Crippen LogP contribution is -2.48. The van der Waals surface area contributed by atoms with E-state index in [0.29, 0.717) is 35.7 Å². The third kappa shape index (κ3) is 8.78. The van der Waals surface area contributed by atoms with Crippen molar-refractivity contribution in [2.45, 2.75) is 63.8 Å². The lowest BCUT2D eigenvalue weighted by Gasteiger charge is -2.31. The maximum Gasteiger partial charge on any atom is 0.306 e. The fourth-order valence-corrected chi connectivity index (χ4v) is 4.91. The Balaban J connectivity index is 1.74. The van der Waals surface area contributed by atoms with Crippen LogP contribution in [0.3, 0.4) is 0 Å². The molecule has 9 nitrogen and oxygen atoms in total. The molecule has 0 radical (unpaired) electrons. The Morgan fingerprint density at radius 2 is 1.73 bits per heavy atom. The maximum absolute atomic E-state index is 14.2. The molecular weight excluding hydrogens is 586 g/mol. The van der Waals surface area contributed by atoms with Gasteiger partial charge in [0.1, 0.15) is 28.7 Å². The molecule has 2 atom stereocenters. The highest BCUT2D eigenvalue weighted by atomic mass is 19.1. The van der Waals surface area contributed by atoms with Crippen molar-refractivity contribution in [2.24, 2.45) is 4.99 Å². The first-order valence-corrected chi connectivity index (χ1v) is 14.6. The molecule has 0 aliphatic carbocycles. The third-order valence-electron chi connectivity index (χ3n) is 6.93. The van der Waals surface area contributed by atoms with Gasteiger partial charge in [-0.1, -0.05) is 12.1 Å². The number of esters is 1. The molecule has 0 bridgehead atoms. The van der Waals surface area contributed by atoms with Gasteiger partial charge in [-0.15, -0.1) is 0 Å². The quantitative estimate of drug-likeness (QED) is 0.193. The first kappa shape index (κ1) is 33.4. The summed E-state index contributed by atoms with van der Waals surface area (Å²) >= 11 is 0. The standard InChI is InChI=1S/C34H38F2N2O7/c1-33(2,3)45-29(40)13-14-34(32(41)37-21-22-17-25(35)20-26(36)18-22)30(24-7-5-8-28(19-24)42-4)44-31(38-34)23-9-11-27(12-10-23)43-16-6-15-39/h5,7-12,17-20,30,39H,6,13-16,21H2,1-4H3,(H,37,41)/t30-,34-/m1/s1. The molecular formula is C34H38F2N2O7. The van der Waals surface area contributed by atoms with Crippen LogP contribution in [0.25, 0.3) is 0 Å². The predicted octanol–water partition coefficient (Wildman–Crippen LogP) is 5.43. The molecule has 45 heavy (non-hydrogen) atoms. The van der Waals surface area contributed by atoms with Gasteiger partial charge in [0, 0.05) is 37.6 Å². The molecule has 1 aliphatic rings. The molecule has 0 unspecified atom stereocenters. The summed E-state index contributed by atoms with van der Waals surface area (Å²) in [6.07, 6.45) is -0.789. The van der Waals surface area contributed by atoms with E-state index in [0.717, 1.165) is 18.2 Å². The van der Waals surface area contributed by atoms with Gasteiger partial charge in [0.15, 0.2) is 11.6 Å². The van der Waals surface area contributed by atoms with Crippen LogP contribution in [-0.4, -0.2) is 54.3 Å². The van der Waals surface area contributed by atoms with E-state index in [1.807, 2.05) is 0 Å². The van der Waals surface area contributed by atoms with Crippen molar-refractivity contribution in [3.63, 3.8) is 0 Å². The Morgan fingerprint density at radius 3 is 2.38 bits per heavy atom. The zero-order chi connectivity index (χ0) is 32.6. The zero-order valence-corrected chi connectivity index (χ0v) is 25.8. The largest absolute Gasteiger partial charge is 0.497 e. The summed E-state index contributed by atoms with van der Waals surface area (Å²) in [4.78, 5) is 31.9. The van der Waals surface area contributed by atoms with Crippen LogP contribution in [0.2, 0.25) is 0 Å². The summed E-state index contributed by atoms with van der Waals surface area (Å²) in [5.41, 5.74) is -1.10. The highest BCUT2D eigenvalue weighted by Gasteiger charge is 2.53. The second-order valence-electron chi connectivity index (χ2n) is 11.6. The molecule has 1 amide bonds. The van der Waals surface area contributed by atoms with Gasteiger partial charge in [-0.2, -0.15) is 0 Å². The van der Waals surface area contributed by atoms with Crippen molar-refractivity contribution in [1.29, 1.82) is 0 Å². The topological polar surface area (TPSA) is 116 Å². The second kappa shape index (κ2) is 14.5. The monoisotopic (exact) mass is 624 g/mol. The number of aliphatic hydroxyl groups is 1. The van der Waals surface area contributed by atoms with Crippen molar-refractivity contribution in [2.75, 3.05) is 20.3 Å². The number of aliphatic hydroxyl groups excluding tert-OH is 1. The van der Waals surface area contributed by atoms with E-state index in [-0.39, 0.29) is 37.5 Å². The van der Waals surface area contributed by atoms with Gasteiger partial charge < -0.3 is 29.4 Å². The van der Waals surface area contributed by atoms with E-state index in [4.69, 9.17) is 29.0 Å². The first-order chi connectivity index (χ1) is 21.4. The van der Waals surface area contributed by atoms with Gasteiger partial charge >= 0.3 is 5.97 Å². The van der Waals surface area contributed by atoms with E-state index in [2.05, 4.69) is 5.32 Å². The number of carbonyl (C=O) groups excluding carboxylic acids is 2. The summed E-state index contributed by atoms with van der Waals surface area (Å²) in [5.74, 6) is -1.44. The van der Waals surface area contributed by atoms with Crippen LogP contribution >= 0.6 is 0 Å². The normalized spacial score (nSPS) is 17.7. The Hall–Kier alpha value is -4.51. The number of methoxy groups -OCH3 is 1. The smallest absolute Gasteiger partial charge is 0.306 e. The van der Waals surface area contributed by atoms with Crippen molar-refractivity contribution in [3.05, 3.63) is 95.1 Å². The predicted molar refractivity (Wildman–Crippen MR) is 163 cm³/mol. The zero-order valence-electron chi connectivity index (χ0n) is 25.8. The Morgan fingerprint density at radius 1 is 1.02 bits per heavy atom. The van der Waals surface area contributed by atoms with Crippen LogP contribution in [0.15, 0.2) is 71.7 Å². The number of hydrogen-bond donors (Lipinski definition) is 2. The molecule has 1 heterocycles. The van der Waals surface area contributed by atoms with Gasteiger partial charge in [0.05, 0.1) is 13.7 Å². The number of halogens is 2. The molecule has 1 aliphatic heterocycles. The molecule has 3 aromatic rings. The van der Waals surface area contributed by atoms with E-state index in [9.17, 15) is 18.4 Å². The number of amides is 1. The molecule has 4 rings (SSSR count). The summed E-state index contributed by atoms with van der Waals surface area (Å²) in [7, 11) is 1.52. The van der Waals surface area contributed by atoms with Gasteiger partial charge in [-0.05, 0) is 86.8 Å². The summed E-state index contributed by atoms with van der Waals surface area (Å²) < 4.78 is 50.8. The van der Waals surface area contributed by atoms with E-state index >= 15 is 0 Å². The van der Waals surface area contributed by atoms with E-state index in [1.54, 1.807) is 69.3 Å². The summed E-state index contributed by atoms with van der Waals surface area (Å²) in [6.45, 7) is 5.39. The molecule has 0 spiro atoms. The maximum atomic E-state index is 14.2.